The van der Waals surface area contributed by atoms with Crippen molar-refractivity contribution in [3.05, 3.63) is 29.7 Å². The Morgan fingerprint density at radius 2 is 1.86 bits per heavy atom. The maximum atomic E-state index is 6.64. The van der Waals surface area contributed by atoms with Crippen molar-refractivity contribution in [3.8, 4) is 11.4 Å². The molecule has 1 saturated carbocycles. The van der Waals surface area contributed by atoms with Crippen molar-refractivity contribution < 1.29 is 0 Å². The van der Waals surface area contributed by atoms with Crippen LogP contribution in [-0.2, 0) is 0 Å². The fraction of sp³-hybridized carbons (Fsp3) is 0.333. The van der Waals surface area contributed by atoms with Gasteiger partial charge in [-0.05, 0) is 37.8 Å². The number of nitrogens with zero attached hydrogens (tertiary/aromatic N) is 5. The van der Waals surface area contributed by atoms with Gasteiger partial charge in [0.15, 0.2) is 5.65 Å². The molecule has 11 heteroatoms. The van der Waals surface area contributed by atoms with Gasteiger partial charge in [0.2, 0.25) is 0 Å². The van der Waals surface area contributed by atoms with Crippen molar-refractivity contribution >= 4 is 64.3 Å². The number of nitrogens with two attached hydrogens (primary N) is 2. The topological polar surface area (TPSA) is 124 Å². The summed E-state index contributed by atoms with van der Waals surface area (Å²) in [6.07, 6.45) is 7.06. The van der Waals surface area contributed by atoms with Gasteiger partial charge in [-0.2, -0.15) is 5.10 Å². The average Bonchev–Trinajstić information content (AvgIpc) is 3.22. The van der Waals surface area contributed by atoms with Crippen LogP contribution in [0.2, 0.25) is 5.02 Å². The smallest absolute Gasteiger partial charge is 0.164 e. The van der Waals surface area contributed by atoms with E-state index in [9.17, 15) is 0 Å². The molecule has 4 aromatic rings. The van der Waals surface area contributed by atoms with E-state index in [0.717, 1.165) is 36.7 Å². The van der Waals surface area contributed by atoms with Crippen molar-refractivity contribution in [2.24, 2.45) is 5.73 Å². The Labute approximate surface area is 184 Å². The molecular weight excluding hydrogens is 435 g/mol. The van der Waals surface area contributed by atoms with Crippen LogP contribution in [0, 0.1) is 0 Å². The monoisotopic (exact) mass is 454 g/mol. The van der Waals surface area contributed by atoms with Gasteiger partial charge in [-0.25, -0.2) is 19.6 Å². The highest BCUT2D eigenvalue weighted by Gasteiger charge is 2.27. The lowest BCUT2D eigenvalue weighted by molar-refractivity contribution is 0.310. The third-order valence-electron chi connectivity index (χ3n) is 5.35. The molecule has 0 atom stereocenters. The fourth-order valence-corrected chi connectivity index (χ4v) is 4.21. The number of H-pyrrole nitrogens is 1. The number of halogens is 3. The number of nitrogens with one attached hydrogen (secondary N) is 1. The summed E-state index contributed by atoms with van der Waals surface area (Å²) in [6.45, 7) is 0. The van der Waals surface area contributed by atoms with E-state index in [1.807, 2.05) is 16.8 Å². The quantitative estimate of drug-likeness (QED) is 0.421. The highest BCUT2D eigenvalue weighted by molar-refractivity contribution is 6.38. The van der Waals surface area contributed by atoms with Crippen molar-refractivity contribution in [3.63, 3.8) is 0 Å². The molecule has 0 aliphatic heterocycles. The molecule has 0 amide bonds. The normalized spacial score (nSPS) is 19.1. The van der Waals surface area contributed by atoms with E-state index in [1.54, 1.807) is 6.20 Å². The lowest BCUT2D eigenvalue weighted by Gasteiger charge is -2.26. The van der Waals surface area contributed by atoms with Crippen LogP contribution in [-0.4, -0.2) is 35.8 Å². The summed E-state index contributed by atoms with van der Waals surface area (Å²) in [5.41, 5.74) is 15.0. The highest BCUT2D eigenvalue weighted by atomic mass is 35.5. The highest BCUT2D eigenvalue weighted by Crippen LogP contribution is 2.39. The molecule has 154 valence electrons. The second-order valence-electron chi connectivity index (χ2n) is 7.03. The van der Waals surface area contributed by atoms with Gasteiger partial charge in [-0.15, -0.1) is 24.8 Å². The van der Waals surface area contributed by atoms with Gasteiger partial charge in [-0.3, -0.25) is 0 Å². The van der Waals surface area contributed by atoms with E-state index in [1.165, 1.54) is 6.33 Å². The molecule has 8 nitrogen and oxygen atoms in total. The van der Waals surface area contributed by atoms with E-state index in [4.69, 9.17) is 28.2 Å². The molecule has 0 bridgehead atoms. The zero-order chi connectivity index (χ0) is 18.5. The standard InChI is InChI=1S/C18H19ClN8.2ClH/c19-13-11-2-1-7-22-17(11)25-15(13)14-12-16(21)23-8-24-18(12)27(26-14)10-5-3-9(20)4-6-10;;/h1-2,7-10H,3-6,20H2,(H,22,25)(H2,21,23,24);2*1H. The number of aromatic nitrogens is 6. The van der Waals surface area contributed by atoms with Crippen LogP contribution < -0.4 is 11.5 Å². The van der Waals surface area contributed by atoms with Crippen LogP contribution in [0.25, 0.3) is 33.5 Å². The lowest BCUT2D eigenvalue weighted by Crippen LogP contribution is -2.28. The Bertz CT molecular complexity index is 1150. The summed E-state index contributed by atoms with van der Waals surface area (Å²) in [5, 5.41) is 7.00. The molecule has 0 saturated heterocycles. The van der Waals surface area contributed by atoms with Crippen LogP contribution >= 0.6 is 36.4 Å². The zero-order valence-electron chi connectivity index (χ0n) is 15.4. The Balaban J connectivity index is 0.00000120. The second-order valence-corrected chi connectivity index (χ2v) is 7.41. The summed E-state index contributed by atoms with van der Waals surface area (Å²) >= 11 is 6.64. The van der Waals surface area contributed by atoms with Gasteiger partial charge < -0.3 is 16.5 Å². The minimum atomic E-state index is 0. The molecule has 4 aromatic heterocycles. The van der Waals surface area contributed by atoms with Crippen molar-refractivity contribution in [2.75, 3.05) is 5.73 Å². The van der Waals surface area contributed by atoms with Gasteiger partial charge in [0, 0.05) is 17.6 Å². The predicted octanol–water partition coefficient (Wildman–Crippen LogP) is 3.89. The van der Waals surface area contributed by atoms with E-state index in [-0.39, 0.29) is 36.9 Å². The number of anilines is 1. The third kappa shape index (κ3) is 3.50. The first-order valence-corrected chi connectivity index (χ1v) is 9.38. The SMILES string of the molecule is Cl.Cl.Nc1ncnc2c1c(-c1[nH]c3ncccc3c1Cl)nn2C1CCC(N)CC1. The van der Waals surface area contributed by atoms with Crippen LogP contribution in [0.1, 0.15) is 31.7 Å². The first-order valence-electron chi connectivity index (χ1n) is 9.00. The summed E-state index contributed by atoms with van der Waals surface area (Å²) in [5.74, 6) is 0.386. The number of hydrogen-bond donors (Lipinski definition) is 3. The predicted molar refractivity (Wildman–Crippen MR) is 120 cm³/mol. The molecule has 0 aromatic carbocycles. The Morgan fingerprint density at radius 3 is 2.59 bits per heavy atom. The fourth-order valence-electron chi connectivity index (χ4n) is 3.92. The number of aromatic amines is 1. The molecule has 0 radical (unpaired) electrons. The van der Waals surface area contributed by atoms with E-state index >= 15 is 0 Å². The maximum absolute atomic E-state index is 6.64. The van der Waals surface area contributed by atoms with Gasteiger partial charge in [0.1, 0.15) is 23.5 Å². The van der Waals surface area contributed by atoms with Gasteiger partial charge >= 0.3 is 0 Å². The second kappa shape index (κ2) is 8.31. The van der Waals surface area contributed by atoms with E-state index < -0.39 is 0 Å². The molecule has 29 heavy (non-hydrogen) atoms. The van der Waals surface area contributed by atoms with Crippen LogP contribution in [0.15, 0.2) is 24.7 Å². The molecule has 1 aliphatic rings. The van der Waals surface area contributed by atoms with E-state index in [0.29, 0.717) is 33.3 Å². The molecular formula is C18H21Cl3N8. The maximum Gasteiger partial charge on any atom is 0.164 e. The van der Waals surface area contributed by atoms with Crippen LogP contribution in [0.5, 0.6) is 0 Å². The van der Waals surface area contributed by atoms with Crippen molar-refractivity contribution in [2.45, 2.75) is 37.8 Å². The minimum Gasteiger partial charge on any atom is -0.383 e. The summed E-state index contributed by atoms with van der Waals surface area (Å²) in [6, 6.07) is 4.27. The number of hydrogen-bond acceptors (Lipinski definition) is 6. The molecule has 5 N–H and O–H groups in total. The Kier molecular flexibility index (Phi) is 6.19. The molecule has 0 unspecified atom stereocenters. The first kappa shape index (κ1) is 21.6. The van der Waals surface area contributed by atoms with Gasteiger partial charge in [-0.1, -0.05) is 11.6 Å². The summed E-state index contributed by atoms with van der Waals surface area (Å²) in [4.78, 5) is 16.3. The molecule has 4 heterocycles. The van der Waals surface area contributed by atoms with Crippen molar-refractivity contribution in [1.29, 1.82) is 0 Å². The Hall–Kier alpha value is -2.13. The molecule has 5 rings (SSSR count). The zero-order valence-corrected chi connectivity index (χ0v) is 17.8. The summed E-state index contributed by atoms with van der Waals surface area (Å²) < 4.78 is 1.96. The average molecular weight is 456 g/mol. The summed E-state index contributed by atoms with van der Waals surface area (Å²) in [7, 11) is 0. The Morgan fingerprint density at radius 1 is 1.10 bits per heavy atom. The molecule has 1 fully saturated rings. The van der Waals surface area contributed by atoms with Crippen LogP contribution in [0.3, 0.4) is 0 Å². The minimum absolute atomic E-state index is 0. The number of nitrogen functional groups attached to an aromatic ring is 1. The van der Waals surface area contributed by atoms with Gasteiger partial charge in [0.25, 0.3) is 0 Å². The number of rotatable bonds is 2. The van der Waals surface area contributed by atoms with Crippen molar-refractivity contribution in [1.82, 2.24) is 29.7 Å². The molecule has 0 spiro atoms. The largest absolute Gasteiger partial charge is 0.383 e. The van der Waals surface area contributed by atoms with E-state index in [2.05, 4.69) is 19.9 Å². The van der Waals surface area contributed by atoms with Gasteiger partial charge in [0.05, 0.1) is 22.1 Å². The first-order chi connectivity index (χ1) is 13.1. The van der Waals surface area contributed by atoms with Crippen LogP contribution in [0.4, 0.5) is 5.82 Å². The molecule has 1 aliphatic carbocycles. The lowest BCUT2D eigenvalue weighted by atomic mass is 9.92. The number of fused-ring (bicyclic) bond motifs is 2. The third-order valence-corrected chi connectivity index (χ3v) is 5.74. The number of pyridine rings is 1.